The van der Waals surface area contributed by atoms with E-state index in [4.69, 9.17) is 5.73 Å². The first-order valence-corrected chi connectivity index (χ1v) is 13.6. The molecule has 1 saturated heterocycles. The summed E-state index contributed by atoms with van der Waals surface area (Å²) >= 11 is 0. The smallest absolute Gasteiger partial charge is 0.227 e. The second-order valence-corrected chi connectivity index (χ2v) is 11.8. The van der Waals surface area contributed by atoms with E-state index in [1.807, 2.05) is 50.2 Å². The van der Waals surface area contributed by atoms with E-state index in [-0.39, 0.29) is 23.3 Å². The van der Waals surface area contributed by atoms with Crippen LogP contribution in [0.4, 0.5) is 10.3 Å². The number of sulfone groups is 1. The van der Waals surface area contributed by atoms with Gasteiger partial charge in [0, 0.05) is 32.2 Å². The van der Waals surface area contributed by atoms with Gasteiger partial charge in [0.25, 0.3) is 0 Å². The van der Waals surface area contributed by atoms with Crippen molar-refractivity contribution >= 4 is 21.7 Å². The Hall–Kier alpha value is -3.31. The average Bonchev–Trinajstić information content (AvgIpc) is 3.21. The van der Waals surface area contributed by atoms with Crippen molar-refractivity contribution in [1.29, 1.82) is 0 Å². The molecule has 3 N–H and O–H groups in total. The second kappa shape index (κ2) is 10.4. The number of benzene rings is 2. The van der Waals surface area contributed by atoms with Crippen LogP contribution in [0, 0.1) is 5.82 Å². The molecule has 2 aromatic carbocycles. The molecule has 1 aliphatic rings. The third-order valence-electron chi connectivity index (χ3n) is 6.47. The molecule has 192 valence electrons. The summed E-state index contributed by atoms with van der Waals surface area (Å²) in [5, 5.41) is 7.51. The van der Waals surface area contributed by atoms with E-state index in [9.17, 15) is 8.42 Å². The molecule has 0 amide bonds. The lowest BCUT2D eigenvalue weighted by atomic mass is 9.83. The zero-order valence-electron chi connectivity index (χ0n) is 20.8. The van der Waals surface area contributed by atoms with Gasteiger partial charge in [0.15, 0.2) is 21.6 Å². The van der Waals surface area contributed by atoms with E-state index in [1.54, 1.807) is 17.8 Å². The molecule has 0 spiro atoms. The van der Waals surface area contributed by atoms with Crippen molar-refractivity contribution in [3.8, 4) is 11.1 Å². The normalized spacial score (nSPS) is 16.7. The molecular weight excluding hydrogens is 481 g/mol. The highest BCUT2D eigenvalue weighted by Gasteiger charge is 2.30. The quantitative estimate of drug-likeness (QED) is 0.368. The fraction of sp³-hybridized carbons (Fsp3) is 0.400. The minimum absolute atomic E-state index is 0.181. The molecule has 0 bridgehead atoms. The van der Waals surface area contributed by atoms with Gasteiger partial charge in [-0.2, -0.15) is 10.1 Å². The third-order valence-corrected chi connectivity index (χ3v) is 8.08. The van der Waals surface area contributed by atoms with Crippen molar-refractivity contribution < 1.29 is 12.8 Å². The van der Waals surface area contributed by atoms with Gasteiger partial charge in [0.2, 0.25) is 5.95 Å². The number of aromatic nitrogens is 3. The molecule has 0 aliphatic carbocycles. The Morgan fingerprint density at radius 2 is 1.86 bits per heavy atom. The van der Waals surface area contributed by atoms with Crippen LogP contribution >= 0.6 is 0 Å². The summed E-state index contributed by atoms with van der Waals surface area (Å²) in [5.74, 6) is 1.19. The van der Waals surface area contributed by atoms with Gasteiger partial charge in [0.1, 0.15) is 5.82 Å². The van der Waals surface area contributed by atoms with Crippen LogP contribution in [0.15, 0.2) is 53.5 Å². The van der Waals surface area contributed by atoms with Crippen LogP contribution in [0.2, 0.25) is 0 Å². The summed E-state index contributed by atoms with van der Waals surface area (Å²) in [6, 6.07) is 14.6. The molecule has 3 aromatic rings. The van der Waals surface area contributed by atoms with Crippen LogP contribution in [0.5, 0.6) is 0 Å². The standard InChI is InChI=1S/C25H32FN7O2S/c1-25(2,19-9-10-20(21(26)17-19)18-7-5-4-6-8-18)22-29-24(32(3)31-22)30-23(27)28-11-12-33-13-15-36(34,35)16-14-33/h4-10,17H,11-16H2,1-3H3,(H3,27,28,29,30,31). The van der Waals surface area contributed by atoms with Crippen molar-refractivity contribution in [2.75, 3.05) is 43.0 Å². The molecule has 1 fully saturated rings. The van der Waals surface area contributed by atoms with Crippen molar-refractivity contribution in [3.05, 3.63) is 65.7 Å². The molecule has 0 radical (unpaired) electrons. The Balaban J connectivity index is 1.42. The first kappa shape index (κ1) is 25.8. The zero-order valence-corrected chi connectivity index (χ0v) is 21.6. The van der Waals surface area contributed by atoms with Crippen molar-refractivity contribution in [1.82, 2.24) is 19.7 Å². The third kappa shape index (κ3) is 5.90. The first-order valence-electron chi connectivity index (χ1n) is 11.8. The number of guanidine groups is 1. The summed E-state index contributed by atoms with van der Waals surface area (Å²) in [4.78, 5) is 11.0. The second-order valence-electron chi connectivity index (χ2n) is 9.45. The van der Waals surface area contributed by atoms with Crippen LogP contribution in [-0.4, -0.2) is 71.7 Å². The van der Waals surface area contributed by atoms with Gasteiger partial charge in [-0.1, -0.05) is 42.5 Å². The first-order chi connectivity index (χ1) is 17.0. The maximum Gasteiger partial charge on any atom is 0.227 e. The lowest BCUT2D eigenvalue weighted by Gasteiger charge is -2.25. The highest BCUT2D eigenvalue weighted by molar-refractivity contribution is 7.91. The number of halogens is 1. The number of anilines is 1. The number of rotatable bonds is 7. The molecule has 36 heavy (non-hydrogen) atoms. The molecule has 1 aromatic heterocycles. The number of nitrogens with one attached hydrogen (secondary N) is 1. The van der Waals surface area contributed by atoms with E-state index >= 15 is 4.39 Å². The Morgan fingerprint density at radius 3 is 2.53 bits per heavy atom. The highest BCUT2D eigenvalue weighted by Crippen LogP contribution is 2.33. The molecule has 2 heterocycles. The average molecular weight is 514 g/mol. The maximum atomic E-state index is 15.0. The van der Waals surface area contributed by atoms with E-state index in [0.29, 0.717) is 43.5 Å². The molecule has 9 nitrogen and oxygen atoms in total. The number of hydrogen-bond acceptors (Lipinski definition) is 6. The van der Waals surface area contributed by atoms with Gasteiger partial charge in [-0.05, 0) is 31.0 Å². The lowest BCUT2D eigenvalue weighted by Crippen LogP contribution is -2.41. The molecule has 4 rings (SSSR count). The molecule has 1 aliphatic heterocycles. The Labute approximate surface area is 211 Å². The van der Waals surface area contributed by atoms with Crippen LogP contribution in [0.3, 0.4) is 0 Å². The zero-order chi connectivity index (χ0) is 25.9. The summed E-state index contributed by atoms with van der Waals surface area (Å²) < 4.78 is 39.7. The SMILES string of the molecule is Cn1nc(C(C)(C)c2ccc(-c3ccccc3)c(F)c2)nc1NC(N)=NCCN1CCS(=O)(=O)CC1. The summed E-state index contributed by atoms with van der Waals surface area (Å²) in [6.07, 6.45) is 0. The number of hydrogen-bond donors (Lipinski definition) is 2. The van der Waals surface area contributed by atoms with Gasteiger partial charge in [-0.25, -0.2) is 17.5 Å². The summed E-state index contributed by atoms with van der Waals surface area (Å²) in [5.41, 5.74) is 7.51. The van der Waals surface area contributed by atoms with Crippen molar-refractivity contribution in [2.24, 2.45) is 17.8 Å². The van der Waals surface area contributed by atoms with E-state index < -0.39 is 15.3 Å². The molecule has 0 saturated carbocycles. The largest absolute Gasteiger partial charge is 0.370 e. The van der Waals surface area contributed by atoms with E-state index in [1.165, 1.54) is 6.07 Å². The Bertz CT molecular complexity index is 1340. The van der Waals surface area contributed by atoms with Gasteiger partial charge in [-0.3, -0.25) is 15.2 Å². The minimum atomic E-state index is -2.90. The summed E-state index contributed by atoms with van der Waals surface area (Å²) in [7, 11) is -1.16. The molecule has 11 heteroatoms. The van der Waals surface area contributed by atoms with Crippen molar-refractivity contribution in [3.63, 3.8) is 0 Å². The highest BCUT2D eigenvalue weighted by atomic mass is 32.2. The number of nitrogens with zero attached hydrogens (tertiary/aromatic N) is 5. The Morgan fingerprint density at radius 1 is 1.17 bits per heavy atom. The molecule has 0 atom stereocenters. The van der Waals surface area contributed by atoms with Gasteiger partial charge < -0.3 is 5.73 Å². The number of aryl methyl sites for hydroxylation is 1. The minimum Gasteiger partial charge on any atom is -0.370 e. The van der Waals surface area contributed by atoms with E-state index in [0.717, 1.165) is 11.1 Å². The fourth-order valence-corrected chi connectivity index (χ4v) is 5.36. The number of nitrogens with two attached hydrogens (primary N) is 1. The van der Waals surface area contributed by atoms with Crippen LogP contribution in [0.25, 0.3) is 11.1 Å². The lowest BCUT2D eigenvalue weighted by molar-refractivity contribution is 0.304. The number of aliphatic imine (C=N–C) groups is 1. The summed E-state index contributed by atoms with van der Waals surface area (Å²) in [6.45, 7) is 5.97. The van der Waals surface area contributed by atoms with Crippen LogP contribution < -0.4 is 11.1 Å². The van der Waals surface area contributed by atoms with Crippen LogP contribution in [0.1, 0.15) is 25.2 Å². The van der Waals surface area contributed by atoms with Gasteiger partial charge in [-0.15, -0.1) is 0 Å². The fourth-order valence-electron chi connectivity index (χ4n) is 4.08. The van der Waals surface area contributed by atoms with Gasteiger partial charge >= 0.3 is 0 Å². The van der Waals surface area contributed by atoms with Crippen LogP contribution in [-0.2, 0) is 22.3 Å². The van der Waals surface area contributed by atoms with Gasteiger partial charge in [0.05, 0.1) is 23.5 Å². The molecular formula is C25H32FN7O2S. The van der Waals surface area contributed by atoms with Crippen molar-refractivity contribution in [2.45, 2.75) is 19.3 Å². The monoisotopic (exact) mass is 513 g/mol. The predicted octanol–water partition coefficient (Wildman–Crippen LogP) is 2.40. The topological polar surface area (TPSA) is 118 Å². The molecule has 0 unspecified atom stereocenters. The van der Waals surface area contributed by atoms with E-state index in [2.05, 4.69) is 25.3 Å². The maximum absolute atomic E-state index is 15.0. The predicted molar refractivity (Wildman–Crippen MR) is 140 cm³/mol. The Kier molecular flexibility index (Phi) is 7.41.